The highest BCUT2D eigenvalue weighted by Crippen LogP contribution is 2.23. The number of ether oxygens (including phenoxy) is 1. The van der Waals surface area contributed by atoms with Crippen molar-refractivity contribution in [2.75, 3.05) is 19.7 Å². The molecule has 3 N–H and O–H groups in total. The van der Waals surface area contributed by atoms with Crippen LogP contribution in [-0.4, -0.2) is 47.8 Å². The number of aliphatic hydroxyl groups excluding tert-OH is 1. The summed E-state index contributed by atoms with van der Waals surface area (Å²) in [6, 6.07) is 5.70. The normalized spacial score (nSPS) is 20.4. The molecule has 0 radical (unpaired) electrons. The van der Waals surface area contributed by atoms with Gasteiger partial charge in [-0.1, -0.05) is 18.2 Å². The van der Waals surface area contributed by atoms with Crippen molar-refractivity contribution in [3.8, 4) is 5.75 Å². The molecule has 0 saturated carbocycles. The molecule has 116 valence electrons. The first-order valence-corrected chi connectivity index (χ1v) is 7.39. The Labute approximate surface area is 125 Å². The Morgan fingerprint density at radius 2 is 2.14 bits per heavy atom. The lowest BCUT2D eigenvalue weighted by Crippen LogP contribution is -2.44. The molecule has 1 heterocycles. The SMILES string of the molecule is Cc1cccc(C)c1OCC(O)CN1CCCC1C(N)=O. The summed E-state index contributed by atoms with van der Waals surface area (Å²) in [5, 5.41) is 10.1. The van der Waals surface area contributed by atoms with Crippen molar-refractivity contribution in [3.05, 3.63) is 29.3 Å². The standard InChI is InChI=1S/C16H24N2O3/c1-11-5-3-6-12(2)15(11)21-10-13(19)9-18-8-4-7-14(18)16(17)20/h3,5-6,13-14,19H,4,7-10H2,1-2H3,(H2,17,20). The zero-order chi connectivity index (χ0) is 15.4. The second-order valence-corrected chi connectivity index (χ2v) is 5.74. The second-order valence-electron chi connectivity index (χ2n) is 5.74. The van der Waals surface area contributed by atoms with E-state index in [1.54, 1.807) is 0 Å². The van der Waals surface area contributed by atoms with Crippen LogP contribution in [0.15, 0.2) is 18.2 Å². The summed E-state index contributed by atoms with van der Waals surface area (Å²) in [7, 11) is 0. The smallest absolute Gasteiger partial charge is 0.234 e. The number of likely N-dealkylation sites (tertiary alicyclic amines) is 1. The fraction of sp³-hybridized carbons (Fsp3) is 0.562. The molecular weight excluding hydrogens is 268 g/mol. The van der Waals surface area contributed by atoms with Crippen LogP contribution in [0.25, 0.3) is 0 Å². The molecule has 1 fully saturated rings. The highest BCUT2D eigenvalue weighted by molar-refractivity contribution is 5.80. The van der Waals surface area contributed by atoms with Gasteiger partial charge in [0.2, 0.25) is 5.91 Å². The molecule has 1 aromatic carbocycles. The Morgan fingerprint density at radius 1 is 1.48 bits per heavy atom. The highest BCUT2D eigenvalue weighted by Gasteiger charge is 2.30. The molecule has 0 bridgehead atoms. The fourth-order valence-corrected chi connectivity index (χ4v) is 2.90. The van der Waals surface area contributed by atoms with Gasteiger partial charge in [0.05, 0.1) is 6.04 Å². The van der Waals surface area contributed by atoms with Gasteiger partial charge in [0.25, 0.3) is 0 Å². The average Bonchev–Trinajstić information content (AvgIpc) is 2.86. The van der Waals surface area contributed by atoms with Crippen molar-refractivity contribution in [1.82, 2.24) is 4.90 Å². The number of β-amino-alcohol motifs (C(OH)–C–C–N with tert-alkyl or cyclic N) is 1. The van der Waals surface area contributed by atoms with E-state index in [4.69, 9.17) is 10.5 Å². The molecule has 2 unspecified atom stereocenters. The van der Waals surface area contributed by atoms with Gasteiger partial charge in [0.15, 0.2) is 0 Å². The summed E-state index contributed by atoms with van der Waals surface area (Å²) in [6.07, 6.45) is 1.08. The van der Waals surface area contributed by atoms with E-state index < -0.39 is 6.10 Å². The topological polar surface area (TPSA) is 75.8 Å². The number of rotatable bonds is 6. The van der Waals surface area contributed by atoms with E-state index in [2.05, 4.69) is 0 Å². The summed E-state index contributed by atoms with van der Waals surface area (Å²) >= 11 is 0. The van der Waals surface area contributed by atoms with Crippen LogP contribution in [0.2, 0.25) is 0 Å². The third-order valence-corrected chi connectivity index (χ3v) is 3.97. The maximum Gasteiger partial charge on any atom is 0.234 e. The summed E-state index contributed by atoms with van der Waals surface area (Å²) in [5.74, 6) is 0.514. The van der Waals surface area contributed by atoms with Crippen molar-refractivity contribution in [2.45, 2.75) is 38.8 Å². The number of hydrogen-bond acceptors (Lipinski definition) is 4. The summed E-state index contributed by atoms with van der Waals surface area (Å²) in [5.41, 5.74) is 7.48. The molecule has 0 aliphatic carbocycles. The Hall–Kier alpha value is -1.59. The van der Waals surface area contributed by atoms with Gasteiger partial charge in [-0.25, -0.2) is 0 Å². The lowest BCUT2D eigenvalue weighted by molar-refractivity contribution is -0.122. The number of aliphatic hydroxyl groups is 1. The van der Waals surface area contributed by atoms with Crippen LogP contribution in [0.3, 0.4) is 0 Å². The van der Waals surface area contributed by atoms with Crippen molar-refractivity contribution < 1.29 is 14.6 Å². The number of carbonyl (C=O) groups is 1. The van der Waals surface area contributed by atoms with Crippen LogP contribution in [0.4, 0.5) is 0 Å². The minimum absolute atomic E-state index is 0.216. The van der Waals surface area contributed by atoms with E-state index >= 15 is 0 Å². The monoisotopic (exact) mass is 292 g/mol. The second kappa shape index (κ2) is 6.91. The third kappa shape index (κ3) is 3.95. The van der Waals surface area contributed by atoms with Crippen LogP contribution in [-0.2, 0) is 4.79 Å². The lowest BCUT2D eigenvalue weighted by atomic mass is 10.1. The van der Waals surface area contributed by atoms with Crippen molar-refractivity contribution in [2.24, 2.45) is 5.73 Å². The van der Waals surface area contributed by atoms with Crippen molar-refractivity contribution in [3.63, 3.8) is 0 Å². The molecule has 21 heavy (non-hydrogen) atoms. The van der Waals surface area contributed by atoms with Gasteiger partial charge in [-0.05, 0) is 44.4 Å². The molecule has 1 amide bonds. The lowest BCUT2D eigenvalue weighted by Gasteiger charge is -2.25. The Bertz CT molecular complexity index is 484. The summed E-state index contributed by atoms with van der Waals surface area (Å²) < 4.78 is 5.74. The van der Waals surface area contributed by atoms with Crippen LogP contribution >= 0.6 is 0 Å². The van der Waals surface area contributed by atoms with Gasteiger partial charge in [0.1, 0.15) is 18.5 Å². The number of benzene rings is 1. The van der Waals surface area contributed by atoms with E-state index in [1.165, 1.54) is 0 Å². The third-order valence-electron chi connectivity index (χ3n) is 3.97. The molecule has 2 atom stereocenters. The van der Waals surface area contributed by atoms with Crippen LogP contribution in [0, 0.1) is 13.8 Å². The largest absolute Gasteiger partial charge is 0.490 e. The molecule has 2 rings (SSSR count). The zero-order valence-corrected chi connectivity index (χ0v) is 12.7. The predicted octanol–water partition coefficient (Wildman–Crippen LogP) is 0.993. The molecule has 1 aliphatic rings. The Kier molecular flexibility index (Phi) is 5.20. The van der Waals surface area contributed by atoms with Gasteiger partial charge >= 0.3 is 0 Å². The van der Waals surface area contributed by atoms with Crippen LogP contribution < -0.4 is 10.5 Å². The number of aryl methyl sites for hydroxylation is 2. The molecule has 1 saturated heterocycles. The minimum Gasteiger partial charge on any atom is -0.490 e. The van der Waals surface area contributed by atoms with E-state index in [0.717, 1.165) is 36.3 Å². The van der Waals surface area contributed by atoms with Crippen LogP contribution in [0.5, 0.6) is 5.75 Å². The minimum atomic E-state index is -0.635. The molecule has 0 aromatic heterocycles. The molecule has 5 heteroatoms. The number of nitrogens with zero attached hydrogens (tertiary/aromatic N) is 1. The van der Waals surface area contributed by atoms with Gasteiger partial charge in [-0.2, -0.15) is 0 Å². The molecule has 0 spiro atoms. The van der Waals surface area contributed by atoms with E-state index in [0.29, 0.717) is 6.54 Å². The van der Waals surface area contributed by atoms with Gasteiger partial charge in [0, 0.05) is 6.54 Å². The average molecular weight is 292 g/mol. The summed E-state index contributed by atoms with van der Waals surface area (Å²) in [6.45, 7) is 5.40. The molecule has 1 aliphatic heterocycles. The zero-order valence-electron chi connectivity index (χ0n) is 12.7. The first-order valence-electron chi connectivity index (χ1n) is 7.39. The van der Waals surface area contributed by atoms with Crippen LogP contribution in [0.1, 0.15) is 24.0 Å². The first-order chi connectivity index (χ1) is 9.99. The molecule has 1 aromatic rings. The molecular formula is C16H24N2O3. The van der Waals surface area contributed by atoms with Crippen molar-refractivity contribution >= 4 is 5.91 Å². The molecule has 5 nitrogen and oxygen atoms in total. The fourth-order valence-electron chi connectivity index (χ4n) is 2.90. The number of hydrogen-bond donors (Lipinski definition) is 2. The highest BCUT2D eigenvalue weighted by atomic mass is 16.5. The maximum atomic E-state index is 11.3. The van der Waals surface area contributed by atoms with Gasteiger partial charge < -0.3 is 15.6 Å². The number of carbonyl (C=O) groups excluding carboxylic acids is 1. The van der Waals surface area contributed by atoms with Gasteiger partial charge in [-0.15, -0.1) is 0 Å². The van der Waals surface area contributed by atoms with Gasteiger partial charge in [-0.3, -0.25) is 9.69 Å². The number of amides is 1. The number of primary amides is 1. The Morgan fingerprint density at radius 3 is 2.76 bits per heavy atom. The Balaban J connectivity index is 1.88. The van der Waals surface area contributed by atoms with E-state index in [-0.39, 0.29) is 18.6 Å². The number of para-hydroxylation sites is 1. The summed E-state index contributed by atoms with van der Waals surface area (Å²) in [4.78, 5) is 13.3. The first kappa shape index (κ1) is 15.8. The maximum absolute atomic E-state index is 11.3. The quantitative estimate of drug-likeness (QED) is 0.820. The van der Waals surface area contributed by atoms with E-state index in [9.17, 15) is 9.90 Å². The van der Waals surface area contributed by atoms with Crippen molar-refractivity contribution in [1.29, 1.82) is 0 Å². The number of nitrogens with two attached hydrogens (primary N) is 1. The predicted molar refractivity (Wildman–Crippen MR) is 81.2 cm³/mol. The van der Waals surface area contributed by atoms with E-state index in [1.807, 2.05) is 36.9 Å².